The van der Waals surface area contributed by atoms with E-state index >= 15 is 0 Å². The van der Waals surface area contributed by atoms with Gasteiger partial charge in [-0.3, -0.25) is 4.79 Å². The van der Waals surface area contributed by atoms with E-state index in [4.69, 9.17) is 4.74 Å². The Morgan fingerprint density at radius 3 is 2.54 bits per heavy atom. The first kappa shape index (κ1) is 17.0. The SMILES string of the molecule is CCOC(=O)c1ccccc1NC(=O)CC1CCN(C2CC2)CC1. The third kappa shape index (κ3) is 4.35. The number of likely N-dealkylation sites (tertiary alicyclic amines) is 1. The fraction of sp³-hybridized carbons (Fsp3) is 0.579. The second-order valence-corrected chi connectivity index (χ2v) is 6.73. The van der Waals surface area contributed by atoms with Crippen molar-refractivity contribution in [1.29, 1.82) is 0 Å². The van der Waals surface area contributed by atoms with Crippen molar-refractivity contribution < 1.29 is 14.3 Å². The highest BCUT2D eigenvalue weighted by atomic mass is 16.5. The second-order valence-electron chi connectivity index (χ2n) is 6.73. The smallest absolute Gasteiger partial charge is 0.340 e. The Bertz CT molecular complexity index is 590. The molecule has 130 valence electrons. The Labute approximate surface area is 143 Å². The molecule has 1 aliphatic heterocycles. The van der Waals surface area contributed by atoms with Crippen LogP contribution in [-0.2, 0) is 9.53 Å². The summed E-state index contributed by atoms with van der Waals surface area (Å²) in [5, 5.41) is 2.89. The van der Waals surface area contributed by atoms with E-state index in [1.54, 1.807) is 25.1 Å². The van der Waals surface area contributed by atoms with Crippen LogP contribution in [0.5, 0.6) is 0 Å². The summed E-state index contributed by atoms with van der Waals surface area (Å²) in [6.07, 6.45) is 5.38. The molecule has 5 nitrogen and oxygen atoms in total. The van der Waals surface area contributed by atoms with E-state index in [0.717, 1.165) is 32.0 Å². The van der Waals surface area contributed by atoms with Gasteiger partial charge in [0.05, 0.1) is 17.9 Å². The largest absolute Gasteiger partial charge is 0.462 e. The number of hydrogen-bond acceptors (Lipinski definition) is 4. The van der Waals surface area contributed by atoms with E-state index in [1.807, 2.05) is 6.07 Å². The number of carbonyl (C=O) groups excluding carboxylic acids is 2. The van der Waals surface area contributed by atoms with Crippen LogP contribution < -0.4 is 5.32 Å². The van der Waals surface area contributed by atoms with Crippen LogP contribution in [0.4, 0.5) is 5.69 Å². The summed E-state index contributed by atoms with van der Waals surface area (Å²) in [7, 11) is 0. The van der Waals surface area contributed by atoms with Gasteiger partial charge in [-0.05, 0) is 63.7 Å². The number of nitrogens with one attached hydrogen (secondary N) is 1. The predicted molar refractivity (Wildman–Crippen MR) is 93.0 cm³/mol. The molecule has 1 amide bonds. The normalized spacial score (nSPS) is 19.0. The molecule has 0 unspecified atom stereocenters. The van der Waals surface area contributed by atoms with Crippen molar-refractivity contribution in [2.45, 2.75) is 45.1 Å². The third-order valence-electron chi connectivity index (χ3n) is 4.88. The molecule has 1 heterocycles. The lowest BCUT2D eigenvalue weighted by Gasteiger charge is -2.31. The fourth-order valence-corrected chi connectivity index (χ4v) is 3.40. The lowest BCUT2D eigenvalue weighted by Crippen LogP contribution is -2.36. The fourth-order valence-electron chi connectivity index (χ4n) is 3.40. The average Bonchev–Trinajstić information content (AvgIpc) is 3.41. The summed E-state index contributed by atoms with van der Waals surface area (Å²) >= 11 is 0. The van der Waals surface area contributed by atoms with E-state index in [1.165, 1.54) is 12.8 Å². The van der Waals surface area contributed by atoms with E-state index in [0.29, 0.717) is 30.2 Å². The topological polar surface area (TPSA) is 58.6 Å². The molecule has 1 saturated heterocycles. The first-order chi connectivity index (χ1) is 11.7. The van der Waals surface area contributed by atoms with Gasteiger partial charge in [-0.25, -0.2) is 4.79 Å². The highest BCUT2D eigenvalue weighted by Gasteiger charge is 2.32. The van der Waals surface area contributed by atoms with E-state index in [2.05, 4.69) is 10.2 Å². The molecule has 3 rings (SSSR count). The lowest BCUT2D eigenvalue weighted by molar-refractivity contribution is -0.117. The lowest BCUT2D eigenvalue weighted by atomic mass is 9.93. The number of para-hydroxylation sites is 1. The maximum Gasteiger partial charge on any atom is 0.340 e. The molecular weight excluding hydrogens is 304 g/mol. The minimum atomic E-state index is -0.397. The molecular formula is C19H26N2O3. The summed E-state index contributed by atoms with van der Waals surface area (Å²) < 4.78 is 5.04. The van der Waals surface area contributed by atoms with Crippen molar-refractivity contribution in [3.05, 3.63) is 29.8 Å². The van der Waals surface area contributed by atoms with Gasteiger partial charge in [0.2, 0.25) is 5.91 Å². The number of amides is 1. The van der Waals surface area contributed by atoms with Gasteiger partial charge in [0.25, 0.3) is 0 Å². The molecule has 1 aromatic carbocycles. The van der Waals surface area contributed by atoms with Gasteiger partial charge in [-0.2, -0.15) is 0 Å². The second kappa shape index (κ2) is 7.79. The number of anilines is 1. The van der Waals surface area contributed by atoms with Crippen molar-refractivity contribution in [1.82, 2.24) is 4.90 Å². The zero-order valence-electron chi connectivity index (χ0n) is 14.3. The number of hydrogen-bond donors (Lipinski definition) is 1. The van der Waals surface area contributed by atoms with Crippen LogP contribution in [-0.4, -0.2) is 42.5 Å². The summed E-state index contributed by atoms with van der Waals surface area (Å²) in [4.78, 5) is 26.9. The van der Waals surface area contributed by atoms with Crippen LogP contribution >= 0.6 is 0 Å². The van der Waals surface area contributed by atoms with Crippen LogP contribution in [0.1, 0.15) is 49.4 Å². The number of esters is 1. The van der Waals surface area contributed by atoms with Crippen LogP contribution in [0, 0.1) is 5.92 Å². The van der Waals surface area contributed by atoms with Crippen molar-refractivity contribution in [3.63, 3.8) is 0 Å². The maximum absolute atomic E-state index is 12.4. The third-order valence-corrected chi connectivity index (χ3v) is 4.88. The van der Waals surface area contributed by atoms with Crippen molar-refractivity contribution in [2.75, 3.05) is 25.0 Å². The van der Waals surface area contributed by atoms with Crippen molar-refractivity contribution in [3.8, 4) is 0 Å². The Morgan fingerprint density at radius 1 is 1.17 bits per heavy atom. The number of ether oxygens (including phenoxy) is 1. The summed E-state index contributed by atoms with van der Waals surface area (Å²) in [5.41, 5.74) is 0.951. The number of carbonyl (C=O) groups is 2. The molecule has 1 aliphatic carbocycles. The van der Waals surface area contributed by atoms with Gasteiger partial charge in [0.15, 0.2) is 0 Å². The molecule has 2 fully saturated rings. The van der Waals surface area contributed by atoms with Gasteiger partial charge < -0.3 is 15.0 Å². The Balaban J connectivity index is 1.52. The number of piperidine rings is 1. The minimum Gasteiger partial charge on any atom is -0.462 e. The predicted octanol–water partition coefficient (Wildman–Crippen LogP) is 3.07. The molecule has 0 radical (unpaired) electrons. The summed E-state index contributed by atoms with van der Waals surface area (Å²) in [6.45, 7) is 4.32. The number of rotatable bonds is 6. The molecule has 5 heteroatoms. The first-order valence-corrected chi connectivity index (χ1v) is 8.97. The maximum atomic E-state index is 12.4. The summed E-state index contributed by atoms with van der Waals surface area (Å²) in [6, 6.07) is 7.83. The zero-order chi connectivity index (χ0) is 16.9. The quantitative estimate of drug-likeness (QED) is 0.815. The highest BCUT2D eigenvalue weighted by molar-refractivity contribution is 6.01. The van der Waals surface area contributed by atoms with Crippen LogP contribution in [0.3, 0.4) is 0 Å². The molecule has 0 spiro atoms. The Morgan fingerprint density at radius 2 is 1.88 bits per heavy atom. The van der Waals surface area contributed by atoms with Gasteiger partial charge in [-0.1, -0.05) is 12.1 Å². The molecule has 1 aromatic rings. The summed E-state index contributed by atoms with van der Waals surface area (Å²) in [5.74, 6) is 0.0255. The minimum absolute atomic E-state index is 0.0170. The van der Waals surface area contributed by atoms with Gasteiger partial charge in [0, 0.05) is 12.5 Å². The standard InChI is InChI=1S/C19H26N2O3/c1-2-24-19(23)16-5-3-4-6-17(16)20-18(22)13-14-9-11-21(12-10-14)15-7-8-15/h3-6,14-15H,2,7-13H2,1H3,(H,20,22). The van der Waals surface area contributed by atoms with E-state index in [-0.39, 0.29) is 5.91 Å². The Kier molecular flexibility index (Phi) is 5.51. The van der Waals surface area contributed by atoms with Crippen LogP contribution in [0.2, 0.25) is 0 Å². The van der Waals surface area contributed by atoms with E-state index in [9.17, 15) is 9.59 Å². The number of nitrogens with zero attached hydrogens (tertiary/aromatic N) is 1. The Hall–Kier alpha value is -1.88. The van der Waals surface area contributed by atoms with Gasteiger partial charge >= 0.3 is 5.97 Å². The van der Waals surface area contributed by atoms with E-state index < -0.39 is 5.97 Å². The van der Waals surface area contributed by atoms with Crippen molar-refractivity contribution >= 4 is 17.6 Å². The molecule has 1 N–H and O–H groups in total. The zero-order valence-corrected chi connectivity index (χ0v) is 14.3. The van der Waals surface area contributed by atoms with Crippen LogP contribution in [0.15, 0.2) is 24.3 Å². The monoisotopic (exact) mass is 330 g/mol. The average molecular weight is 330 g/mol. The van der Waals surface area contributed by atoms with Gasteiger partial charge in [0.1, 0.15) is 0 Å². The first-order valence-electron chi connectivity index (χ1n) is 8.97. The highest BCUT2D eigenvalue weighted by Crippen LogP contribution is 2.31. The molecule has 24 heavy (non-hydrogen) atoms. The van der Waals surface area contributed by atoms with Crippen molar-refractivity contribution in [2.24, 2.45) is 5.92 Å². The molecule has 0 aromatic heterocycles. The molecule has 0 atom stereocenters. The number of benzene rings is 1. The molecule has 2 aliphatic rings. The molecule has 1 saturated carbocycles. The van der Waals surface area contributed by atoms with Gasteiger partial charge in [-0.15, -0.1) is 0 Å². The molecule has 0 bridgehead atoms. The van der Waals surface area contributed by atoms with Crippen LogP contribution in [0.25, 0.3) is 0 Å².